The Morgan fingerprint density at radius 1 is 1.32 bits per heavy atom. The van der Waals surface area contributed by atoms with Gasteiger partial charge in [-0.2, -0.15) is 0 Å². The number of carboxylic acid groups (broad SMARTS) is 1. The van der Waals surface area contributed by atoms with E-state index in [2.05, 4.69) is 0 Å². The summed E-state index contributed by atoms with van der Waals surface area (Å²) in [4.78, 5) is 36.0. The Hall–Kier alpha value is -2.13. The fourth-order valence-electron chi connectivity index (χ4n) is 2.21. The third-order valence-electron chi connectivity index (χ3n) is 3.27. The fraction of sp³-hybridized carbons (Fsp3) is 0.462. The van der Waals surface area contributed by atoms with E-state index in [0.29, 0.717) is 22.4 Å². The second-order valence-electron chi connectivity index (χ2n) is 4.54. The van der Waals surface area contributed by atoms with Crippen LogP contribution in [0.3, 0.4) is 0 Å². The topological polar surface area (TPSA) is 99.8 Å². The Labute approximate surface area is 129 Å². The number of aromatic nitrogens is 2. The predicted molar refractivity (Wildman–Crippen MR) is 81.3 cm³/mol. The Morgan fingerprint density at radius 3 is 2.55 bits per heavy atom. The van der Waals surface area contributed by atoms with E-state index in [1.165, 1.54) is 11.7 Å². The van der Waals surface area contributed by atoms with Crippen LogP contribution in [0.2, 0.25) is 0 Å². The molecule has 0 saturated carbocycles. The standard InChI is InChI=1S/C13H16N2O6S/c1-4-14-9(16)8-7(2)11(21-13(18)19)22-10(8)15(12(14)17)5-6-20-3/h4-6H2,1-3H3,(H,18,19). The van der Waals surface area contributed by atoms with Gasteiger partial charge in [0.25, 0.3) is 5.56 Å². The number of hydrogen-bond donors (Lipinski definition) is 1. The van der Waals surface area contributed by atoms with Crippen molar-refractivity contribution in [3.63, 3.8) is 0 Å². The van der Waals surface area contributed by atoms with E-state index in [1.807, 2.05) is 0 Å². The molecule has 8 nitrogen and oxygen atoms in total. The molecule has 0 bridgehead atoms. The summed E-state index contributed by atoms with van der Waals surface area (Å²) >= 11 is 0.968. The van der Waals surface area contributed by atoms with Gasteiger partial charge in [0, 0.05) is 19.2 Å². The van der Waals surface area contributed by atoms with Crippen molar-refractivity contribution >= 4 is 27.7 Å². The molecule has 0 unspecified atom stereocenters. The molecule has 0 aliphatic carbocycles. The maximum absolute atomic E-state index is 12.4. The first-order chi connectivity index (χ1) is 10.4. The summed E-state index contributed by atoms with van der Waals surface area (Å²) in [6.45, 7) is 4.09. The van der Waals surface area contributed by atoms with Crippen molar-refractivity contribution in [1.29, 1.82) is 0 Å². The number of hydrogen-bond acceptors (Lipinski definition) is 6. The summed E-state index contributed by atoms with van der Waals surface area (Å²) in [5.74, 6) is 0. The molecule has 0 atom stereocenters. The van der Waals surface area contributed by atoms with Crippen LogP contribution in [0.4, 0.5) is 4.79 Å². The summed E-state index contributed by atoms with van der Waals surface area (Å²) in [5.41, 5.74) is -0.467. The number of methoxy groups -OCH3 is 1. The van der Waals surface area contributed by atoms with E-state index in [9.17, 15) is 14.4 Å². The molecular formula is C13H16N2O6S. The smallest absolute Gasteiger partial charge is 0.449 e. The van der Waals surface area contributed by atoms with Gasteiger partial charge in [-0.15, -0.1) is 0 Å². The number of aryl methyl sites for hydroxylation is 1. The monoisotopic (exact) mass is 328 g/mol. The normalized spacial score (nSPS) is 11.0. The maximum atomic E-state index is 12.4. The van der Waals surface area contributed by atoms with E-state index >= 15 is 0 Å². The quantitative estimate of drug-likeness (QED) is 0.829. The Morgan fingerprint density at radius 2 is 2.00 bits per heavy atom. The first-order valence-electron chi connectivity index (χ1n) is 6.58. The number of carbonyl (C=O) groups is 1. The van der Waals surface area contributed by atoms with E-state index in [1.54, 1.807) is 13.8 Å². The zero-order valence-corrected chi connectivity index (χ0v) is 13.2. The lowest BCUT2D eigenvalue weighted by atomic mass is 10.2. The van der Waals surface area contributed by atoms with Crippen molar-refractivity contribution in [3.8, 4) is 5.06 Å². The minimum atomic E-state index is -1.46. The lowest BCUT2D eigenvalue weighted by molar-refractivity contribution is 0.145. The highest BCUT2D eigenvalue weighted by Gasteiger charge is 2.21. The first kappa shape index (κ1) is 16.2. The lowest BCUT2D eigenvalue weighted by Gasteiger charge is -2.10. The van der Waals surface area contributed by atoms with Crippen LogP contribution in [0.5, 0.6) is 5.06 Å². The molecule has 2 aromatic heterocycles. The van der Waals surface area contributed by atoms with Crippen molar-refractivity contribution in [2.24, 2.45) is 0 Å². The second-order valence-corrected chi connectivity index (χ2v) is 5.50. The number of nitrogens with zero attached hydrogens (tertiary/aromatic N) is 2. The lowest BCUT2D eigenvalue weighted by Crippen LogP contribution is -2.39. The van der Waals surface area contributed by atoms with Gasteiger partial charge in [0.05, 0.1) is 18.5 Å². The van der Waals surface area contributed by atoms with Gasteiger partial charge < -0.3 is 14.6 Å². The molecule has 22 heavy (non-hydrogen) atoms. The third-order valence-corrected chi connectivity index (χ3v) is 4.46. The molecule has 2 aromatic rings. The Bertz CT molecular complexity index is 832. The summed E-state index contributed by atoms with van der Waals surface area (Å²) in [5, 5.41) is 9.17. The van der Waals surface area contributed by atoms with Gasteiger partial charge in [-0.3, -0.25) is 13.9 Å². The summed E-state index contributed by atoms with van der Waals surface area (Å²) in [6, 6.07) is 0. The average Bonchev–Trinajstić information content (AvgIpc) is 2.76. The Kier molecular flexibility index (Phi) is 4.67. The van der Waals surface area contributed by atoms with Gasteiger partial charge in [0.2, 0.25) is 0 Å². The summed E-state index contributed by atoms with van der Waals surface area (Å²) < 4.78 is 12.2. The van der Waals surface area contributed by atoms with Gasteiger partial charge in [-0.1, -0.05) is 11.3 Å². The highest BCUT2D eigenvalue weighted by molar-refractivity contribution is 7.20. The molecule has 9 heteroatoms. The van der Waals surface area contributed by atoms with Gasteiger partial charge in [0.1, 0.15) is 4.83 Å². The predicted octanol–water partition coefficient (Wildman–Crippen LogP) is 1.26. The van der Waals surface area contributed by atoms with Gasteiger partial charge in [-0.25, -0.2) is 9.59 Å². The molecule has 0 amide bonds. The summed E-state index contributed by atoms with van der Waals surface area (Å²) in [6.07, 6.45) is -1.46. The SMILES string of the molecule is CCn1c(=O)c2c(C)c(OC(=O)O)sc2n(CCOC)c1=O. The van der Waals surface area contributed by atoms with Gasteiger partial charge >= 0.3 is 11.8 Å². The molecule has 0 aliphatic rings. The molecule has 0 spiro atoms. The molecule has 2 rings (SSSR count). The molecule has 0 saturated heterocycles. The summed E-state index contributed by atoms with van der Waals surface area (Å²) in [7, 11) is 1.51. The van der Waals surface area contributed by atoms with Crippen molar-refractivity contribution < 1.29 is 19.4 Å². The molecule has 120 valence electrons. The number of rotatable bonds is 5. The van der Waals surface area contributed by atoms with E-state index in [4.69, 9.17) is 14.6 Å². The number of fused-ring (bicyclic) bond motifs is 1. The van der Waals surface area contributed by atoms with E-state index < -0.39 is 17.4 Å². The van der Waals surface area contributed by atoms with Crippen molar-refractivity contribution in [1.82, 2.24) is 9.13 Å². The first-order valence-corrected chi connectivity index (χ1v) is 7.40. The van der Waals surface area contributed by atoms with Crippen LogP contribution in [0, 0.1) is 6.92 Å². The molecule has 0 aliphatic heterocycles. The fourth-order valence-corrected chi connectivity index (χ4v) is 3.38. The van der Waals surface area contributed by atoms with Crippen LogP contribution in [0.1, 0.15) is 12.5 Å². The van der Waals surface area contributed by atoms with Crippen LogP contribution < -0.4 is 16.0 Å². The van der Waals surface area contributed by atoms with E-state index in [0.717, 1.165) is 15.9 Å². The zero-order valence-electron chi connectivity index (χ0n) is 12.4. The molecule has 0 aromatic carbocycles. The minimum Gasteiger partial charge on any atom is -0.449 e. The molecule has 2 heterocycles. The number of thiophene rings is 1. The van der Waals surface area contributed by atoms with Crippen LogP contribution in [0.15, 0.2) is 9.59 Å². The largest absolute Gasteiger partial charge is 0.512 e. The Balaban J connectivity index is 2.83. The van der Waals surface area contributed by atoms with Crippen molar-refractivity contribution in [3.05, 3.63) is 26.4 Å². The van der Waals surface area contributed by atoms with Gasteiger partial charge in [-0.05, 0) is 13.8 Å². The average molecular weight is 328 g/mol. The third kappa shape index (κ3) is 2.64. The maximum Gasteiger partial charge on any atom is 0.512 e. The second kappa shape index (κ2) is 6.32. The van der Waals surface area contributed by atoms with Crippen LogP contribution in [0.25, 0.3) is 10.2 Å². The highest BCUT2D eigenvalue weighted by Crippen LogP contribution is 2.34. The highest BCUT2D eigenvalue weighted by atomic mass is 32.1. The van der Waals surface area contributed by atoms with Crippen molar-refractivity contribution in [2.75, 3.05) is 13.7 Å². The van der Waals surface area contributed by atoms with Gasteiger partial charge in [0.15, 0.2) is 5.06 Å². The minimum absolute atomic E-state index is 0.0963. The molecule has 0 fully saturated rings. The van der Waals surface area contributed by atoms with Crippen LogP contribution in [-0.2, 0) is 17.8 Å². The molecular weight excluding hydrogens is 312 g/mol. The number of ether oxygens (including phenoxy) is 2. The van der Waals surface area contributed by atoms with E-state index in [-0.39, 0.29) is 18.2 Å². The van der Waals surface area contributed by atoms with Crippen molar-refractivity contribution in [2.45, 2.75) is 26.9 Å². The molecule has 0 radical (unpaired) electrons. The van der Waals surface area contributed by atoms with Crippen LogP contribution in [-0.4, -0.2) is 34.1 Å². The zero-order chi connectivity index (χ0) is 16.4. The molecule has 1 N–H and O–H groups in total. The van der Waals surface area contributed by atoms with Crippen LogP contribution >= 0.6 is 11.3 Å².